The first-order valence-electron chi connectivity index (χ1n) is 9.30. The molecule has 0 spiro atoms. The third-order valence-corrected chi connectivity index (χ3v) is 4.78. The van der Waals surface area contributed by atoms with E-state index in [9.17, 15) is 9.59 Å². The van der Waals surface area contributed by atoms with Crippen LogP contribution in [-0.4, -0.2) is 35.4 Å². The van der Waals surface area contributed by atoms with Gasteiger partial charge in [0.15, 0.2) is 6.61 Å². The molecule has 2 rings (SSSR count). The van der Waals surface area contributed by atoms with Gasteiger partial charge in [-0.05, 0) is 57.5 Å². The van der Waals surface area contributed by atoms with Crippen molar-refractivity contribution in [2.45, 2.75) is 46.3 Å². The Morgan fingerprint density at radius 2 is 1.64 bits per heavy atom. The number of benzene rings is 2. The van der Waals surface area contributed by atoms with Gasteiger partial charge in [-0.1, -0.05) is 45.8 Å². The molecule has 0 fully saturated rings. The van der Waals surface area contributed by atoms with E-state index in [2.05, 4.69) is 21.2 Å². The second-order valence-corrected chi connectivity index (χ2v) is 8.00. The smallest absolute Gasteiger partial charge is 0.261 e. The summed E-state index contributed by atoms with van der Waals surface area (Å²) >= 11 is 3.37. The van der Waals surface area contributed by atoms with Crippen LogP contribution in [0.15, 0.2) is 53.0 Å². The summed E-state index contributed by atoms with van der Waals surface area (Å²) < 4.78 is 6.56. The zero-order valence-corrected chi connectivity index (χ0v) is 18.3. The molecule has 1 N–H and O–H groups in total. The Morgan fingerprint density at radius 3 is 2.21 bits per heavy atom. The molecule has 1 atom stereocenters. The van der Waals surface area contributed by atoms with E-state index in [-0.39, 0.29) is 24.5 Å². The van der Waals surface area contributed by atoms with Crippen molar-refractivity contribution in [3.05, 3.63) is 64.1 Å². The van der Waals surface area contributed by atoms with Gasteiger partial charge in [0.05, 0.1) is 0 Å². The third kappa shape index (κ3) is 6.68. The average Bonchev–Trinajstić information content (AvgIpc) is 2.65. The molecule has 0 heterocycles. The molecule has 0 bridgehead atoms. The predicted molar refractivity (Wildman–Crippen MR) is 114 cm³/mol. The molecule has 150 valence electrons. The Hall–Kier alpha value is -2.34. The highest BCUT2D eigenvalue weighted by molar-refractivity contribution is 9.10. The van der Waals surface area contributed by atoms with Crippen molar-refractivity contribution in [1.29, 1.82) is 0 Å². The third-order valence-electron chi connectivity index (χ3n) is 4.25. The van der Waals surface area contributed by atoms with E-state index in [0.717, 1.165) is 15.6 Å². The van der Waals surface area contributed by atoms with E-state index in [4.69, 9.17) is 4.74 Å². The lowest BCUT2D eigenvalue weighted by molar-refractivity contribution is -0.142. The molecule has 0 aliphatic rings. The first kappa shape index (κ1) is 22.0. The lowest BCUT2D eigenvalue weighted by Gasteiger charge is -2.29. The second kappa shape index (κ2) is 10.3. The van der Waals surface area contributed by atoms with Crippen molar-refractivity contribution in [2.24, 2.45) is 0 Å². The molecule has 2 aromatic carbocycles. The van der Waals surface area contributed by atoms with Crippen molar-refractivity contribution < 1.29 is 14.3 Å². The van der Waals surface area contributed by atoms with Crippen LogP contribution in [-0.2, 0) is 16.1 Å². The Morgan fingerprint density at radius 1 is 1.04 bits per heavy atom. The molecule has 6 heteroatoms. The van der Waals surface area contributed by atoms with Crippen molar-refractivity contribution in [1.82, 2.24) is 10.2 Å². The van der Waals surface area contributed by atoms with Crippen LogP contribution in [0.5, 0.6) is 5.75 Å². The van der Waals surface area contributed by atoms with Crippen molar-refractivity contribution in [3.8, 4) is 5.75 Å². The maximum Gasteiger partial charge on any atom is 0.261 e. The Kier molecular flexibility index (Phi) is 8.05. The predicted octanol–water partition coefficient (Wildman–Crippen LogP) is 4.08. The average molecular weight is 447 g/mol. The van der Waals surface area contributed by atoms with Crippen molar-refractivity contribution in [3.63, 3.8) is 0 Å². The number of ether oxygens (including phenoxy) is 1. The monoisotopic (exact) mass is 446 g/mol. The van der Waals surface area contributed by atoms with Crippen molar-refractivity contribution >= 4 is 27.7 Å². The highest BCUT2D eigenvalue weighted by Gasteiger charge is 2.26. The lowest BCUT2D eigenvalue weighted by Crippen LogP contribution is -2.50. The topological polar surface area (TPSA) is 58.6 Å². The minimum absolute atomic E-state index is 0.00490. The number of amides is 2. The number of rotatable bonds is 8. The highest BCUT2D eigenvalue weighted by atomic mass is 79.9. The van der Waals surface area contributed by atoms with Gasteiger partial charge in [0, 0.05) is 17.1 Å². The minimum Gasteiger partial charge on any atom is -0.484 e. The van der Waals surface area contributed by atoms with Gasteiger partial charge in [-0.15, -0.1) is 0 Å². The quantitative estimate of drug-likeness (QED) is 0.664. The van der Waals surface area contributed by atoms with E-state index in [1.54, 1.807) is 24.0 Å². The number of carbonyl (C=O) groups excluding carboxylic acids is 2. The summed E-state index contributed by atoms with van der Waals surface area (Å²) in [5.74, 6) is 0.181. The minimum atomic E-state index is -0.607. The standard InChI is InChI=1S/C22H27BrN2O3/c1-15(2)24-22(27)17(4)25(13-18-7-5-16(3)6-8-18)21(26)14-28-20-11-9-19(23)10-12-20/h5-12,15,17H,13-14H2,1-4H3,(H,24,27)/t17-/m0/s1. The SMILES string of the molecule is Cc1ccc(CN(C(=O)COc2ccc(Br)cc2)[C@@H](C)C(=O)NC(C)C)cc1. The van der Waals surface area contributed by atoms with Gasteiger partial charge in [0.25, 0.3) is 5.91 Å². The molecule has 0 aliphatic heterocycles. The Balaban J connectivity index is 2.12. The number of nitrogens with one attached hydrogen (secondary N) is 1. The van der Waals surface area contributed by atoms with Crippen LogP contribution < -0.4 is 10.1 Å². The van der Waals surface area contributed by atoms with Gasteiger partial charge in [0.2, 0.25) is 5.91 Å². The van der Waals surface area contributed by atoms with Crippen molar-refractivity contribution in [2.75, 3.05) is 6.61 Å². The first-order chi connectivity index (χ1) is 13.3. The molecular weight excluding hydrogens is 420 g/mol. The normalized spacial score (nSPS) is 11.8. The Bertz CT molecular complexity index is 788. The molecule has 0 saturated heterocycles. The fourth-order valence-electron chi connectivity index (χ4n) is 2.64. The molecule has 0 radical (unpaired) electrons. The fraction of sp³-hybridized carbons (Fsp3) is 0.364. The van der Waals surface area contributed by atoms with E-state index < -0.39 is 6.04 Å². The largest absolute Gasteiger partial charge is 0.484 e. The Labute approximate surface area is 175 Å². The van der Waals surface area contributed by atoms with Gasteiger partial charge < -0.3 is 15.0 Å². The summed E-state index contributed by atoms with van der Waals surface area (Å²) in [6.45, 7) is 7.75. The van der Waals surface area contributed by atoms with Crippen LogP contribution in [0.4, 0.5) is 0 Å². The molecule has 0 aromatic heterocycles. The van der Waals surface area contributed by atoms with Crippen LogP contribution in [0, 0.1) is 6.92 Å². The summed E-state index contributed by atoms with van der Waals surface area (Å²) in [7, 11) is 0. The molecule has 28 heavy (non-hydrogen) atoms. The number of halogens is 1. The van der Waals surface area contributed by atoms with E-state index in [0.29, 0.717) is 12.3 Å². The lowest BCUT2D eigenvalue weighted by atomic mass is 10.1. The van der Waals surface area contributed by atoms with Crippen LogP contribution in [0.1, 0.15) is 31.9 Å². The zero-order valence-electron chi connectivity index (χ0n) is 16.7. The van der Waals surface area contributed by atoms with Gasteiger partial charge in [-0.25, -0.2) is 0 Å². The first-order valence-corrected chi connectivity index (χ1v) is 10.1. The number of hydrogen-bond donors (Lipinski definition) is 1. The molecule has 2 aromatic rings. The highest BCUT2D eigenvalue weighted by Crippen LogP contribution is 2.17. The van der Waals surface area contributed by atoms with Gasteiger partial charge >= 0.3 is 0 Å². The summed E-state index contributed by atoms with van der Waals surface area (Å²) in [6, 6.07) is 14.6. The molecule has 5 nitrogen and oxygen atoms in total. The number of nitrogens with zero attached hydrogens (tertiary/aromatic N) is 1. The maximum absolute atomic E-state index is 12.9. The van der Waals surface area contributed by atoms with E-state index in [1.165, 1.54) is 0 Å². The van der Waals surface area contributed by atoms with Gasteiger partial charge in [0.1, 0.15) is 11.8 Å². The number of aryl methyl sites for hydroxylation is 1. The summed E-state index contributed by atoms with van der Waals surface area (Å²) in [4.78, 5) is 27.0. The second-order valence-electron chi connectivity index (χ2n) is 7.09. The number of carbonyl (C=O) groups is 2. The van der Waals surface area contributed by atoms with Gasteiger partial charge in [-0.3, -0.25) is 9.59 Å². The molecular formula is C22H27BrN2O3. The van der Waals surface area contributed by atoms with Crippen LogP contribution >= 0.6 is 15.9 Å². The molecule has 0 aliphatic carbocycles. The molecule has 0 unspecified atom stereocenters. The van der Waals surface area contributed by atoms with E-state index >= 15 is 0 Å². The molecule has 2 amide bonds. The molecule has 0 saturated carbocycles. The fourth-order valence-corrected chi connectivity index (χ4v) is 2.90. The zero-order chi connectivity index (χ0) is 20.7. The van der Waals surface area contributed by atoms with E-state index in [1.807, 2.05) is 57.2 Å². The van der Waals surface area contributed by atoms with Crippen LogP contribution in [0.3, 0.4) is 0 Å². The van der Waals surface area contributed by atoms with Crippen LogP contribution in [0.25, 0.3) is 0 Å². The van der Waals surface area contributed by atoms with Gasteiger partial charge in [-0.2, -0.15) is 0 Å². The van der Waals surface area contributed by atoms with Crippen LogP contribution in [0.2, 0.25) is 0 Å². The number of hydrogen-bond acceptors (Lipinski definition) is 3. The maximum atomic E-state index is 12.9. The summed E-state index contributed by atoms with van der Waals surface area (Å²) in [5.41, 5.74) is 2.11. The summed E-state index contributed by atoms with van der Waals surface area (Å²) in [6.07, 6.45) is 0. The summed E-state index contributed by atoms with van der Waals surface area (Å²) in [5, 5.41) is 2.87.